The second-order valence-corrected chi connectivity index (χ2v) is 9.70. The Morgan fingerprint density at radius 2 is 1.64 bits per heavy atom. The summed E-state index contributed by atoms with van der Waals surface area (Å²) in [7, 11) is 0. The van der Waals surface area contributed by atoms with Crippen molar-refractivity contribution in [1.82, 2.24) is 15.1 Å². The first-order valence-corrected chi connectivity index (χ1v) is 11.9. The highest BCUT2D eigenvalue weighted by Crippen LogP contribution is 2.33. The maximum Gasteiger partial charge on any atom is 0.262 e. The molecule has 33 heavy (non-hydrogen) atoms. The molecule has 9 nitrogen and oxygen atoms in total. The van der Waals surface area contributed by atoms with Crippen LogP contribution in [0.15, 0.2) is 18.2 Å². The molecule has 9 heteroatoms. The Labute approximate surface area is 192 Å². The molecule has 0 saturated carbocycles. The number of fused-ring (bicyclic) bond motifs is 1. The summed E-state index contributed by atoms with van der Waals surface area (Å²) in [5.41, 5.74) is 1.56. The molecule has 0 aliphatic carbocycles. The second-order valence-electron chi connectivity index (χ2n) is 9.70. The zero-order chi connectivity index (χ0) is 23.1. The third-order valence-corrected chi connectivity index (χ3v) is 7.56. The standard InChI is InChI=1S/C24H30N4O5/c29-14-15-5-8-26(9-6-15)12-16-7-10-27(13-16)17-1-2-18-19(11-17)24(33)28(23(18)32)20-3-4-21(30)25-22(20)31/h1-2,11,15-16,20,29H,3-10,12-14H2,(H,25,30,31). The van der Waals surface area contributed by atoms with Gasteiger partial charge in [-0.25, -0.2) is 0 Å². The summed E-state index contributed by atoms with van der Waals surface area (Å²) in [6.07, 6.45) is 3.45. The molecule has 4 heterocycles. The summed E-state index contributed by atoms with van der Waals surface area (Å²) < 4.78 is 0. The number of carbonyl (C=O) groups excluding carboxylic acids is 4. The Balaban J connectivity index is 1.24. The van der Waals surface area contributed by atoms with Crippen molar-refractivity contribution in [3.05, 3.63) is 29.3 Å². The number of nitrogens with zero attached hydrogens (tertiary/aromatic N) is 3. The van der Waals surface area contributed by atoms with Gasteiger partial charge in [-0.05, 0) is 68.8 Å². The van der Waals surface area contributed by atoms with Crippen molar-refractivity contribution in [3.8, 4) is 0 Å². The number of rotatable bonds is 5. The lowest BCUT2D eigenvalue weighted by atomic mass is 9.97. The predicted molar refractivity (Wildman–Crippen MR) is 120 cm³/mol. The second kappa shape index (κ2) is 8.87. The molecule has 4 aliphatic rings. The molecule has 3 fully saturated rings. The number of benzene rings is 1. The lowest BCUT2D eigenvalue weighted by molar-refractivity contribution is -0.136. The predicted octanol–water partition coefficient (Wildman–Crippen LogP) is 0.618. The van der Waals surface area contributed by atoms with Gasteiger partial charge in [-0.2, -0.15) is 0 Å². The molecule has 0 aromatic heterocycles. The highest BCUT2D eigenvalue weighted by atomic mass is 16.3. The molecule has 2 unspecified atom stereocenters. The van der Waals surface area contributed by atoms with Gasteiger partial charge in [0.15, 0.2) is 0 Å². The Morgan fingerprint density at radius 1 is 0.909 bits per heavy atom. The van der Waals surface area contributed by atoms with E-state index in [0.717, 1.165) is 62.6 Å². The van der Waals surface area contributed by atoms with Gasteiger partial charge in [-0.15, -0.1) is 0 Å². The van der Waals surface area contributed by atoms with Gasteiger partial charge in [-0.1, -0.05) is 0 Å². The highest BCUT2D eigenvalue weighted by Gasteiger charge is 2.44. The minimum Gasteiger partial charge on any atom is -0.396 e. The minimum atomic E-state index is -0.940. The minimum absolute atomic E-state index is 0.113. The monoisotopic (exact) mass is 454 g/mol. The molecule has 2 atom stereocenters. The molecule has 1 aromatic rings. The summed E-state index contributed by atoms with van der Waals surface area (Å²) in [4.78, 5) is 55.4. The van der Waals surface area contributed by atoms with Crippen LogP contribution in [0.4, 0.5) is 5.69 Å². The number of aliphatic hydroxyl groups is 1. The number of imide groups is 2. The van der Waals surface area contributed by atoms with E-state index in [9.17, 15) is 24.3 Å². The molecule has 176 valence electrons. The van der Waals surface area contributed by atoms with E-state index in [0.29, 0.717) is 23.0 Å². The van der Waals surface area contributed by atoms with Crippen LogP contribution in [0.25, 0.3) is 0 Å². The Kier molecular flexibility index (Phi) is 5.92. The Morgan fingerprint density at radius 3 is 2.36 bits per heavy atom. The van der Waals surface area contributed by atoms with Crippen molar-refractivity contribution >= 4 is 29.3 Å². The van der Waals surface area contributed by atoms with Crippen LogP contribution < -0.4 is 10.2 Å². The lowest BCUT2D eigenvalue weighted by Gasteiger charge is -2.32. The fourth-order valence-corrected chi connectivity index (χ4v) is 5.59. The van der Waals surface area contributed by atoms with E-state index in [1.54, 1.807) is 12.1 Å². The highest BCUT2D eigenvalue weighted by molar-refractivity contribution is 6.23. The summed E-state index contributed by atoms with van der Waals surface area (Å²) in [5.74, 6) is -0.924. The number of anilines is 1. The molecule has 0 bridgehead atoms. The molecule has 3 saturated heterocycles. The third kappa shape index (κ3) is 4.15. The van der Waals surface area contributed by atoms with Gasteiger partial charge < -0.3 is 14.9 Å². The quantitative estimate of drug-likeness (QED) is 0.628. The van der Waals surface area contributed by atoms with Crippen molar-refractivity contribution in [2.24, 2.45) is 11.8 Å². The molecular formula is C24H30N4O5. The lowest BCUT2D eigenvalue weighted by Crippen LogP contribution is -2.54. The molecule has 0 radical (unpaired) electrons. The number of nitrogens with one attached hydrogen (secondary N) is 1. The van der Waals surface area contributed by atoms with E-state index >= 15 is 0 Å². The first-order valence-electron chi connectivity index (χ1n) is 11.9. The van der Waals surface area contributed by atoms with Crippen LogP contribution in [-0.2, 0) is 9.59 Å². The van der Waals surface area contributed by atoms with Crippen LogP contribution >= 0.6 is 0 Å². The average Bonchev–Trinajstić information content (AvgIpc) is 3.37. The van der Waals surface area contributed by atoms with E-state index < -0.39 is 23.8 Å². The van der Waals surface area contributed by atoms with E-state index in [1.165, 1.54) is 0 Å². The van der Waals surface area contributed by atoms with E-state index in [2.05, 4.69) is 15.1 Å². The van der Waals surface area contributed by atoms with Crippen molar-refractivity contribution in [1.29, 1.82) is 0 Å². The Bertz CT molecular complexity index is 987. The largest absolute Gasteiger partial charge is 0.396 e. The fourth-order valence-electron chi connectivity index (χ4n) is 5.59. The van der Waals surface area contributed by atoms with Crippen LogP contribution in [0.2, 0.25) is 0 Å². The maximum atomic E-state index is 13.1. The smallest absolute Gasteiger partial charge is 0.262 e. The van der Waals surface area contributed by atoms with Crippen LogP contribution in [0.3, 0.4) is 0 Å². The van der Waals surface area contributed by atoms with Gasteiger partial charge in [-0.3, -0.25) is 29.4 Å². The zero-order valence-corrected chi connectivity index (χ0v) is 18.7. The first-order chi connectivity index (χ1) is 15.9. The Hall–Kier alpha value is -2.78. The first kappa shape index (κ1) is 22.0. The van der Waals surface area contributed by atoms with Gasteiger partial charge in [0.2, 0.25) is 11.8 Å². The summed E-state index contributed by atoms with van der Waals surface area (Å²) in [6, 6.07) is 4.40. The van der Waals surface area contributed by atoms with Gasteiger partial charge >= 0.3 is 0 Å². The average molecular weight is 455 g/mol. The van der Waals surface area contributed by atoms with Gasteiger partial charge in [0.05, 0.1) is 11.1 Å². The van der Waals surface area contributed by atoms with E-state index in [4.69, 9.17) is 0 Å². The number of likely N-dealkylation sites (tertiary alicyclic amines) is 1. The van der Waals surface area contributed by atoms with Crippen LogP contribution in [-0.4, -0.2) is 83.9 Å². The molecule has 5 rings (SSSR count). The fraction of sp³-hybridized carbons (Fsp3) is 0.583. The number of carbonyl (C=O) groups is 4. The molecule has 4 aliphatic heterocycles. The topological polar surface area (TPSA) is 110 Å². The van der Waals surface area contributed by atoms with Crippen molar-refractivity contribution in [2.45, 2.75) is 38.1 Å². The maximum absolute atomic E-state index is 13.1. The SMILES string of the molecule is O=C1CCC(N2C(=O)c3ccc(N4CCC(CN5CCC(CO)CC5)C4)cc3C2=O)C(=O)N1. The van der Waals surface area contributed by atoms with E-state index in [1.807, 2.05) is 6.07 Å². The van der Waals surface area contributed by atoms with Crippen molar-refractivity contribution in [2.75, 3.05) is 44.2 Å². The molecular weight excluding hydrogens is 424 g/mol. The molecule has 2 N–H and O–H groups in total. The van der Waals surface area contributed by atoms with Crippen LogP contribution in [0.1, 0.15) is 52.8 Å². The van der Waals surface area contributed by atoms with Crippen LogP contribution in [0.5, 0.6) is 0 Å². The molecule has 4 amide bonds. The zero-order valence-electron chi connectivity index (χ0n) is 18.7. The number of hydrogen-bond donors (Lipinski definition) is 2. The van der Waals surface area contributed by atoms with Gasteiger partial charge in [0.1, 0.15) is 6.04 Å². The van der Waals surface area contributed by atoms with Gasteiger partial charge in [0, 0.05) is 38.3 Å². The normalized spacial score (nSPS) is 26.8. The summed E-state index contributed by atoms with van der Waals surface area (Å²) >= 11 is 0. The summed E-state index contributed by atoms with van der Waals surface area (Å²) in [6.45, 7) is 5.19. The van der Waals surface area contributed by atoms with Gasteiger partial charge in [0.25, 0.3) is 11.8 Å². The van der Waals surface area contributed by atoms with Crippen molar-refractivity contribution < 1.29 is 24.3 Å². The van der Waals surface area contributed by atoms with E-state index in [-0.39, 0.29) is 25.4 Å². The van der Waals surface area contributed by atoms with Crippen molar-refractivity contribution in [3.63, 3.8) is 0 Å². The summed E-state index contributed by atoms with van der Waals surface area (Å²) in [5, 5.41) is 11.6. The number of hydrogen-bond acceptors (Lipinski definition) is 7. The number of amides is 4. The number of piperidine rings is 2. The third-order valence-electron chi connectivity index (χ3n) is 7.56. The number of aliphatic hydroxyl groups excluding tert-OH is 1. The molecule has 0 spiro atoms. The van der Waals surface area contributed by atoms with Crippen LogP contribution in [0, 0.1) is 11.8 Å². The molecule has 1 aromatic carbocycles.